The van der Waals surface area contributed by atoms with E-state index >= 15 is 0 Å². The fraction of sp³-hybridized carbons (Fsp3) is 0.0667. The van der Waals surface area contributed by atoms with E-state index in [1.165, 1.54) is 30.0 Å². The Morgan fingerprint density at radius 2 is 1.95 bits per heavy atom. The van der Waals surface area contributed by atoms with Gasteiger partial charge in [0.05, 0.1) is 5.75 Å². The van der Waals surface area contributed by atoms with Crippen LogP contribution in [0.5, 0.6) is 0 Å². The van der Waals surface area contributed by atoms with Crippen molar-refractivity contribution in [3.8, 4) is 0 Å². The monoisotopic (exact) mass is 320 g/mol. The summed E-state index contributed by atoms with van der Waals surface area (Å²) in [5.41, 5.74) is 6.02. The first-order valence-corrected chi connectivity index (χ1v) is 7.52. The second kappa shape index (κ2) is 7.19. The maximum Gasteiger partial charge on any atom is 0.234 e. The minimum atomic E-state index is -0.501. The molecule has 0 unspecified atom stereocenters. The average Bonchev–Trinajstić information content (AvgIpc) is 2.48. The molecule has 0 aliphatic rings. The SMILES string of the molecule is NC(=S)c1cc(NC(=O)CSc2ccccc2)ccc1F. The molecule has 0 atom stereocenters. The van der Waals surface area contributed by atoms with Crippen molar-refractivity contribution < 1.29 is 9.18 Å². The van der Waals surface area contributed by atoms with Crippen LogP contribution in [-0.2, 0) is 4.79 Å². The van der Waals surface area contributed by atoms with E-state index in [-0.39, 0.29) is 22.2 Å². The Morgan fingerprint density at radius 1 is 1.24 bits per heavy atom. The molecular formula is C15H13FN2OS2. The molecule has 108 valence electrons. The van der Waals surface area contributed by atoms with Gasteiger partial charge in [-0.05, 0) is 30.3 Å². The lowest BCUT2D eigenvalue weighted by Gasteiger charge is -2.08. The average molecular weight is 320 g/mol. The fourth-order valence-corrected chi connectivity index (χ4v) is 2.53. The molecule has 3 N–H and O–H groups in total. The fourth-order valence-electron chi connectivity index (χ4n) is 1.65. The highest BCUT2D eigenvalue weighted by molar-refractivity contribution is 8.00. The first kappa shape index (κ1) is 15.5. The number of anilines is 1. The van der Waals surface area contributed by atoms with Gasteiger partial charge in [-0.15, -0.1) is 11.8 Å². The third kappa shape index (κ3) is 4.54. The number of hydrogen-bond donors (Lipinski definition) is 2. The zero-order valence-corrected chi connectivity index (χ0v) is 12.6. The molecule has 0 bridgehead atoms. The summed E-state index contributed by atoms with van der Waals surface area (Å²) in [6.07, 6.45) is 0. The molecule has 0 fully saturated rings. The van der Waals surface area contributed by atoms with Crippen molar-refractivity contribution >= 4 is 40.6 Å². The number of thioether (sulfide) groups is 1. The molecule has 2 rings (SSSR count). The lowest BCUT2D eigenvalue weighted by molar-refractivity contribution is -0.113. The van der Waals surface area contributed by atoms with Crippen LogP contribution >= 0.6 is 24.0 Å². The van der Waals surface area contributed by atoms with Gasteiger partial charge < -0.3 is 11.1 Å². The van der Waals surface area contributed by atoms with Gasteiger partial charge in [0, 0.05) is 16.1 Å². The van der Waals surface area contributed by atoms with Crippen molar-refractivity contribution in [3.63, 3.8) is 0 Å². The summed E-state index contributed by atoms with van der Waals surface area (Å²) in [5.74, 6) is -0.410. The number of rotatable bonds is 5. The number of thiocarbonyl (C=S) groups is 1. The Bertz CT molecular complexity index is 662. The second-order valence-corrected chi connectivity index (χ2v) is 5.70. The van der Waals surface area contributed by atoms with Crippen LogP contribution in [0.3, 0.4) is 0 Å². The lowest BCUT2D eigenvalue weighted by atomic mass is 10.2. The van der Waals surface area contributed by atoms with Crippen molar-refractivity contribution in [1.29, 1.82) is 0 Å². The quantitative estimate of drug-likeness (QED) is 0.656. The summed E-state index contributed by atoms with van der Waals surface area (Å²) in [5, 5.41) is 2.69. The molecule has 2 aromatic rings. The topological polar surface area (TPSA) is 55.1 Å². The molecule has 0 heterocycles. The first-order chi connectivity index (χ1) is 10.1. The van der Waals surface area contributed by atoms with Crippen LogP contribution in [0.2, 0.25) is 0 Å². The third-order valence-corrected chi connectivity index (χ3v) is 3.86. The van der Waals surface area contributed by atoms with Crippen molar-refractivity contribution in [2.45, 2.75) is 4.90 Å². The lowest BCUT2D eigenvalue weighted by Crippen LogP contribution is -2.16. The van der Waals surface area contributed by atoms with Crippen LogP contribution < -0.4 is 11.1 Å². The van der Waals surface area contributed by atoms with E-state index in [2.05, 4.69) is 5.32 Å². The molecule has 3 nitrogen and oxygen atoms in total. The molecule has 0 aliphatic carbocycles. The van der Waals surface area contributed by atoms with Gasteiger partial charge in [0.1, 0.15) is 10.8 Å². The summed E-state index contributed by atoms with van der Waals surface area (Å²) < 4.78 is 13.4. The Balaban J connectivity index is 1.97. The van der Waals surface area contributed by atoms with Crippen LogP contribution in [0.1, 0.15) is 5.56 Å². The zero-order valence-electron chi connectivity index (χ0n) is 11.0. The van der Waals surface area contributed by atoms with Gasteiger partial charge in [0.15, 0.2) is 0 Å². The van der Waals surface area contributed by atoms with Gasteiger partial charge in [0.2, 0.25) is 5.91 Å². The second-order valence-electron chi connectivity index (χ2n) is 4.21. The van der Waals surface area contributed by atoms with Gasteiger partial charge in [0.25, 0.3) is 0 Å². The molecule has 0 aromatic heterocycles. The van der Waals surface area contributed by atoms with Crippen molar-refractivity contribution in [2.24, 2.45) is 5.73 Å². The highest BCUT2D eigenvalue weighted by Gasteiger charge is 2.08. The van der Waals surface area contributed by atoms with Crippen molar-refractivity contribution in [1.82, 2.24) is 0 Å². The van der Waals surface area contributed by atoms with E-state index in [1.54, 1.807) is 0 Å². The largest absolute Gasteiger partial charge is 0.389 e. The summed E-state index contributed by atoms with van der Waals surface area (Å²) >= 11 is 6.18. The third-order valence-electron chi connectivity index (χ3n) is 2.63. The first-order valence-electron chi connectivity index (χ1n) is 6.13. The highest BCUT2D eigenvalue weighted by atomic mass is 32.2. The number of carbonyl (C=O) groups excluding carboxylic acids is 1. The van der Waals surface area contributed by atoms with Gasteiger partial charge >= 0.3 is 0 Å². The van der Waals surface area contributed by atoms with E-state index in [0.29, 0.717) is 5.69 Å². The highest BCUT2D eigenvalue weighted by Crippen LogP contribution is 2.18. The Morgan fingerprint density at radius 3 is 2.62 bits per heavy atom. The molecular weight excluding hydrogens is 307 g/mol. The number of nitrogens with one attached hydrogen (secondary N) is 1. The molecule has 0 spiro atoms. The van der Waals surface area contributed by atoms with Crippen LogP contribution in [0, 0.1) is 5.82 Å². The zero-order chi connectivity index (χ0) is 15.2. The Kier molecular flexibility index (Phi) is 5.30. The minimum Gasteiger partial charge on any atom is -0.389 e. The van der Waals surface area contributed by atoms with E-state index in [9.17, 15) is 9.18 Å². The number of amides is 1. The summed E-state index contributed by atoms with van der Waals surface area (Å²) in [6.45, 7) is 0. The van der Waals surface area contributed by atoms with Crippen LogP contribution in [0.25, 0.3) is 0 Å². The number of carbonyl (C=O) groups is 1. The van der Waals surface area contributed by atoms with Crippen molar-refractivity contribution in [3.05, 3.63) is 59.9 Å². The molecule has 1 amide bonds. The molecule has 6 heteroatoms. The van der Waals surface area contributed by atoms with Gasteiger partial charge in [-0.1, -0.05) is 30.4 Å². The summed E-state index contributed by atoms with van der Waals surface area (Å²) in [6, 6.07) is 13.7. The van der Waals surface area contributed by atoms with Crippen LogP contribution in [-0.4, -0.2) is 16.6 Å². The predicted molar refractivity (Wildman–Crippen MR) is 88.1 cm³/mol. The van der Waals surface area contributed by atoms with E-state index in [1.807, 2.05) is 30.3 Å². The molecule has 0 saturated heterocycles. The predicted octanol–water partition coefficient (Wildman–Crippen LogP) is 3.19. The minimum absolute atomic E-state index is 0.0396. The van der Waals surface area contributed by atoms with Gasteiger partial charge in [-0.3, -0.25) is 4.79 Å². The normalized spacial score (nSPS) is 10.1. The van der Waals surface area contributed by atoms with E-state index in [4.69, 9.17) is 18.0 Å². The summed E-state index contributed by atoms with van der Waals surface area (Å²) in [4.78, 5) is 12.8. The maximum absolute atomic E-state index is 13.4. The molecule has 0 saturated carbocycles. The van der Waals surface area contributed by atoms with Gasteiger partial charge in [-0.2, -0.15) is 0 Å². The van der Waals surface area contributed by atoms with Crippen molar-refractivity contribution in [2.75, 3.05) is 11.1 Å². The summed E-state index contributed by atoms with van der Waals surface area (Å²) in [7, 11) is 0. The number of halogens is 1. The number of nitrogens with two attached hydrogens (primary N) is 1. The van der Waals surface area contributed by atoms with E-state index in [0.717, 1.165) is 4.90 Å². The van der Waals surface area contributed by atoms with Gasteiger partial charge in [-0.25, -0.2) is 4.39 Å². The molecule has 2 aromatic carbocycles. The smallest absolute Gasteiger partial charge is 0.234 e. The Labute approximate surface area is 131 Å². The molecule has 0 radical (unpaired) electrons. The van der Waals surface area contributed by atoms with E-state index < -0.39 is 5.82 Å². The number of hydrogen-bond acceptors (Lipinski definition) is 3. The Hall–Kier alpha value is -1.92. The standard InChI is InChI=1S/C15H13FN2OS2/c16-13-7-6-10(8-12(13)15(17)20)18-14(19)9-21-11-4-2-1-3-5-11/h1-8H,9H2,(H2,17,20)(H,18,19). The molecule has 0 aliphatic heterocycles. The maximum atomic E-state index is 13.4. The number of benzene rings is 2. The molecule has 21 heavy (non-hydrogen) atoms. The van der Waals surface area contributed by atoms with Crippen LogP contribution in [0.4, 0.5) is 10.1 Å². The van der Waals surface area contributed by atoms with Crippen LogP contribution in [0.15, 0.2) is 53.4 Å².